The predicted molar refractivity (Wildman–Crippen MR) is 80.4 cm³/mol. The average Bonchev–Trinajstić information content (AvgIpc) is 3.19. The Balaban J connectivity index is 1.54. The Kier molecular flexibility index (Phi) is 3.08. The van der Waals surface area contributed by atoms with Crippen LogP contribution in [0.1, 0.15) is 10.6 Å². The van der Waals surface area contributed by atoms with Crippen molar-refractivity contribution in [2.24, 2.45) is 0 Å². The number of carbonyl (C=O) groups is 1. The first kappa shape index (κ1) is 13.0. The lowest BCUT2D eigenvalue weighted by Crippen LogP contribution is -2.28. The minimum Gasteiger partial charge on any atom is -0.486 e. The van der Waals surface area contributed by atoms with Crippen molar-refractivity contribution in [3.63, 3.8) is 0 Å². The highest BCUT2D eigenvalue weighted by molar-refractivity contribution is 7.22. The van der Waals surface area contributed by atoms with E-state index in [0.29, 0.717) is 29.8 Å². The maximum atomic E-state index is 11.8. The lowest BCUT2D eigenvalue weighted by Gasteiger charge is -2.17. The summed E-state index contributed by atoms with van der Waals surface area (Å²) in [6.07, 6.45) is 1.44. The average molecular weight is 317 g/mol. The van der Waals surface area contributed by atoms with Gasteiger partial charge in [0.05, 0.1) is 16.5 Å². The number of hydrogen-bond donors (Lipinski definition) is 2. The summed E-state index contributed by atoms with van der Waals surface area (Å²) in [7, 11) is 0. The second kappa shape index (κ2) is 5.23. The number of benzene rings is 1. The van der Waals surface area contributed by atoms with Gasteiger partial charge >= 0.3 is 5.91 Å². The van der Waals surface area contributed by atoms with Crippen LogP contribution >= 0.6 is 11.3 Å². The molecule has 0 saturated heterocycles. The van der Waals surface area contributed by atoms with E-state index in [-0.39, 0.29) is 11.7 Å². The monoisotopic (exact) mass is 317 g/mol. The molecule has 2 N–H and O–H groups in total. The second-order valence-corrected chi connectivity index (χ2v) is 5.57. The molecule has 0 saturated carbocycles. The molecule has 0 bridgehead atoms. The molecule has 22 heavy (non-hydrogen) atoms. The third-order valence-electron chi connectivity index (χ3n) is 3.08. The number of rotatable bonds is 3. The lowest BCUT2D eigenvalue weighted by atomic mass is 10.3. The summed E-state index contributed by atoms with van der Waals surface area (Å²) in [5, 5.41) is 0.567. The van der Waals surface area contributed by atoms with Crippen LogP contribution in [-0.4, -0.2) is 24.1 Å². The number of carbonyl (C=O) groups excluding carboxylic acids is 1. The van der Waals surface area contributed by atoms with E-state index in [1.54, 1.807) is 12.1 Å². The third-order valence-corrected chi connectivity index (χ3v) is 4.01. The topological polar surface area (TPSA) is 85.6 Å². The molecule has 3 aromatic rings. The Morgan fingerprint density at radius 2 is 2.05 bits per heavy atom. The molecule has 0 fully saturated rings. The van der Waals surface area contributed by atoms with Crippen LogP contribution in [-0.2, 0) is 0 Å². The van der Waals surface area contributed by atoms with Crippen LogP contribution in [0, 0.1) is 0 Å². The zero-order valence-corrected chi connectivity index (χ0v) is 12.1. The Hall–Kier alpha value is -2.74. The fourth-order valence-electron chi connectivity index (χ4n) is 2.10. The quantitative estimate of drug-likeness (QED) is 0.722. The number of hydrazine groups is 1. The van der Waals surface area contributed by atoms with Crippen LogP contribution < -0.4 is 20.3 Å². The summed E-state index contributed by atoms with van der Waals surface area (Å²) in [5.74, 6) is 1.27. The van der Waals surface area contributed by atoms with Crippen molar-refractivity contribution in [3.8, 4) is 11.5 Å². The molecule has 8 heteroatoms. The molecule has 3 heterocycles. The van der Waals surface area contributed by atoms with Crippen LogP contribution in [0.3, 0.4) is 0 Å². The van der Waals surface area contributed by atoms with E-state index in [9.17, 15) is 4.79 Å². The van der Waals surface area contributed by atoms with Gasteiger partial charge in [-0.15, -0.1) is 0 Å². The highest BCUT2D eigenvalue weighted by Crippen LogP contribution is 2.37. The summed E-state index contributed by atoms with van der Waals surface area (Å²) in [6, 6.07) is 6.95. The van der Waals surface area contributed by atoms with E-state index in [0.717, 1.165) is 10.2 Å². The molecular weight excluding hydrogens is 306 g/mol. The number of nitrogens with one attached hydrogen (secondary N) is 2. The van der Waals surface area contributed by atoms with Crippen molar-refractivity contribution >= 4 is 32.6 Å². The van der Waals surface area contributed by atoms with Crippen LogP contribution in [0.25, 0.3) is 10.2 Å². The van der Waals surface area contributed by atoms with E-state index in [1.807, 2.05) is 12.1 Å². The number of fused-ring (bicyclic) bond motifs is 2. The summed E-state index contributed by atoms with van der Waals surface area (Å²) in [6.45, 7) is 1.08. The van der Waals surface area contributed by atoms with E-state index >= 15 is 0 Å². The number of amides is 1. The summed E-state index contributed by atoms with van der Waals surface area (Å²) in [5.41, 5.74) is 6.10. The molecule has 7 nitrogen and oxygen atoms in total. The van der Waals surface area contributed by atoms with Crippen molar-refractivity contribution in [1.29, 1.82) is 0 Å². The Morgan fingerprint density at radius 1 is 1.23 bits per heavy atom. The Labute approximate surface area is 128 Å². The Bertz CT molecular complexity index is 785. The maximum absolute atomic E-state index is 11.8. The van der Waals surface area contributed by atoms with Gasteiger partial charge in [-0.2, -0.15) is 0 Å². The van der Waals surface area contributed by atoms with Gasteiger partial charge in [-0.1, -0.05) is 11.3 Å². The number of hydrogen-bond acceptors (Lipinski definition) is 7. The number of nitrogens with zero attached hydrogens (tertiary/aromatic N) is 1. The van der Waals surface area contributed by atoms with Crippen molar-refractivity contribution in [1.82, 2.24) is 10.4 Å². The van der Waals surface area contributed by atoms with Crippen molar-refractivity contribution in [3.05, 3.63) is 36.3 Å². The van der Waals surface area contributed by atoms with Crippen LogP contribution in [0.15, 0.2) is 34.9 Å². The van der Waals surface area contributed by atoms with Gasteiger partial charge in [0.1, 0.15) is 13.2 Å². The SMILES string of the molecule is O=C(NNc1nc2cc3c(cc2s1)OCCO3)c1ccco1. The van der Waals surface area contributed by atoms with Gasteiger partial charge in [0.2, 0.25) is 5.13 Å². The number of aromatic nitrogens is 1. The Morgan fingerprint density at radius 3 is 2.82 bits per heavy atom. The molecule has 1 aliphatic heterocycles. The highest BCUT2D eigenvalue weighted by atomic mass is 32.1. The summed E-state index contributed by atoms with van der Waals surface area (Å²) in [4.78, 5) is 16.2. The molecule has 112 valence electrons. The number of anilines is 1. The molecule has 0 atom stereocenters. The van der Waals surface area contributed by atoms with Gasteiger partial charge in [0, 0.05) is 12.1 Å². The number of furan rings is 1. The molecule has 1 aliphatic rings. The normalized spacial score (nSPS) is 13.1. The van der Waals surface area contributed by atoms with Crippen LogP contribution in [0.5, 0.6) is 11.5 Å². The van der Waals surface area contributed by atoms with Gasteiger partial charge in [0.25, 0.3) is 0 Å². The maximum Gasteiger partial charge on any atom is 0.305 e. The smallest absolute Gasteiger partial charge is 0.305 e. The standard InChI is InChI=1S/C14H11N3O4S/c18-13(9-2-1-3-19-9)16-17-14-15-8-6-10-11(7-12(8)22-14)21-5-4-20-10/h1-3,6-7H,4-5H2,(H,15,17)(H,16,18). The highest BCUT2D eigenvalue weighted by Gasteiger charge is 2.15. The van der Waals surface area contributed by atoms with E-state index in [4.69, 9.17) is 13.9 Å². The molecular formula is C14H11N3O4S. The molecule has 1 aromatic carbocycles. The lowest BCUT2D eigenvalue weighted by molar-refractivity contribution is 0.0935. The third kappa shape index (κ3) is 2.33. The molecule has 0 aliphatic carbocycles. The minimum atomic E-state index is -0.366. The van der Waals surface area contributed by atoms with Gasteiger partial charge in [-0.3, -0.25) is 15.6 Å². The fraction of sp³-hybridized carbons (Fsp3) is 0.143. The molecule has 1 amide bonds. The van der Waals surface area contributed by atoms with Gasteiger partial charge in [-0.05, 0) is 12.1 Å². The first-order valence-electron chi connectivity index (χ1n) is 6.60. The molecule has 0 unspecified atom stereocenters. The second-order valence-electron chi connectivity index (χ2n) is 4.54. The molecule has 0 spiro atoms. The first-order valence-corrected chi connectivity index (χ1v) is 7.41. The van der Waals surface area contributed by atoms with E-state index < -0.39 is 0 Å². The van der Waals surface area contributed by atoms with Crippen molar-refractivity contribution in [2.45, 2.75) is 0 Å². The molecule has 4 rings (SSSR count). The number of ether oxygens (including phenoxy) is 2. The fourth-order valence-corrected chi connectivity index (χ4v) is 2.93. The number of thiazole rings is 1. The van der Waals surface area contributed by atoms with Gasteiger partial charge in [-0.25, -0.2) is 4.98 Å². The zero-order valence-electron chi connectivity index (χ0n) is 11.3. The van der Waals surface area contributed by atoms with E-state index in [1.165, 1.54) is 17.6 Å². The predicted octanol–water partition coefficient (Wildman–Crippen LogP) is 2.42. The van der Waals surface area contributed by atoms with Gasteiger partial charge in [0.15, 0.2) is 17.3 Å². The van der Waals surface area contributed by atoms with Crippen molar-refractivity contribution in [2.75, 3.05) is 18.6 Å². The summed E-state index contributed by atoms with van der Waals surface area (Å²) >= 11 is 1.41. The summed E-state index contributed by atoms with van der Waals surface area (Å²) < 4.78 is 17.0. The first-order chi connectivity index (χ1) is 10.8. The van der Waals surface area contributed by atoms with Crippen LogP contribution in [0.2, 0.25) is 0 Å². The minimum absolute atomic E-state index is 0.228. The van der Waals surface area contributed by atoms with Crippen molar-refractivity contribution < 1.29 is 18.7 Å². The van der Waals surface area contributed by atoms with Gasteiger partial charge < -0.3 is 13.9 Å². The van der Waals surface area contributed by atoms with Crippen LogP contribution in [0.4, 0.5) is 5.13 Å². The molecule has 0 radical (unpaired) electrons. The van der Waals surface area contributed by atoms with E-state index in [2.05, 4.69) is 15.8 Å². The zero-order chi connectivity index (χ0) is 14.9. The largest absolute Gasteiger partial charge is 0.486 e. The molecule has 2 aromatic heterocycles.